The second kappa shape index (κ2) is 6.45. The lowest BCUT2D eigenvalue weighted by Crippen LogP contribution is -2.29. The van der Waals surface area contributed by atoms with Gasteiger partial charge in [-0.1, -0.05) is 12.1 Å². The fourth-order valence-corrected chi connectivity index (χ4v) is 2.33. The molecule has 0 spiro atoms. The van der Waals surface area contributed by atoms with Gasteiger partial charge in [-0.2, -0.15) is 0 Å². The monoisotopic (exact) mass is 322 g/mol. The minimum atomic E-state index is -0.322. The maximum Gasteiger partial charge on any atom is 0.256 e. The number of carbonyl (C=O) groups is 2. The summed E-state index contributed by atoms with van der Waals surface area (Å²) in [6.45, 7) is 0.292. The standard InChI is InChI=1S/C18H14FN3O2/c19-14-5-1-12(2-6-14)11-21-18(24)13-3-7-15(8-4-13)22-16(20)9-10-17(22)23/h1-10,20H,11H2,(H,21,24)/i19-1. The van der Waals surface area contributed by atoms with Gasteiger partial charge < -0.3 is 5.32 Å². The Hall–Kier alpha value is -3.28. The molecule has 24 heavy (non-hydrogen) atoms. The number of hydrogen-bond donors (Lipinski definition) is 2. The van der Waals surface area contributed by atoms with E-state index in [1.54, 1.807) is 36.4 Å². The number of amidine groups is 1. The molecule has 5 nitrogen and oxygen atoms in total. The summed E-state index contributed by atoms with van der Waals surface area (Å²) in [6.07, 6.45) is 2.75. The van der Waals surface area contributed by atoms with Gasteiger partial charge in [0.25, 0.3) is 11.8 Å². The number of nitrogens with zero attached hydrogens (tertiary/aromatic N) is 1. The Morgan fingerprint density at radius 1 is 1.04 bits per heavy atom. The van der Waals surface area contributed by atoms with E-state index in [0.29, 0.717) is 17.8 Å². The lowest BCUT2D eigenvalue weighted by atomic mass is 10.1. The van der Waals surface area contributed by atoms with Crippen LogP contribution in [0, 0.1) is 11.2 Å². The Bertz CT molecular complexity index is 808. The van der Waals surface area contributed by atoms with Crippen LogP contribution in [0.2, 0.25) is 0 Å². The summed E-state index contributed by atoms with van der Waals surface area (Å²) in [6, 6.07) is 12.3. The van der Waals surface area contributed by atoms with Crippen LogP contribution >= 0.6 is 0 Å². The number of rotatable bonds is 4. The highest BCUT2D eigenvalue weighted by Gasteiger charge is 2.22. The number of benzene rings is 2. The van der Waals surface area contributed by atoms with Gasteiger partial charge in [0.2, 0.25) is 0 Å². The Labute approximate surface area is 137 Å². The molecule has 2 aromatic carbocycles. The molecule has 0 atom stereocenters. The topological polar surface area (TPSA) is 73.3 Å². The van der Waals surface area contributed by atoms with Crippen molar-refractivity contribution in [2.45, 2.75) is 6.54 Å². The first-order valence-electron chi connectivity index (χ1n) is 7.28. The number of amides is 2. The van der Waals surface area contributed by atoms with Gasteiger partial charge in [-0.3, -0.25) is 19.9 Å². The van der Waals surface area contributed by atoms with E-state index in [1.165, 1.54) is 29.2 Å². The normalized spacial score (nSPS) is 13.5. The van der Waals surface area contributed by atoms with Crippen LogP contribution in [0.15, 0.2) is 60.7 Å². The zero-order valence-corrected chi connectivity index (χ0v) is 12.6. The van der Waals surface area contributed by atoms with E-state index >= 15 is 0 Å². The molecule has 2 aromatic rings. The lowest BCUT2D eigenvalue weighted by molar-refractivity contribution is -0.113. The predicted octanol–water partition coefficient (Wildman–Crippen LogP) is 2.64. The maximum atomic E-state index is 12.8. The summed E-state index contributed by atoms with van der Waals surface area (Å²) in [7, 11) is 0. The molecule has 0 saturated heterocycles. The van der Waals surface area contributed by atoms with Gasteiger partial charge in [0.1, 0.15) is 11.7 Å². The van der Waals surface area contributed by atoms with Crippen LogP contribution in [0.25, 0.3) is 0 Å². The van der Waals surface area contributed by atoms with Gasteiger partial charge in [-0.05, 0) is 48.0 Å². The van der Waals surface area contributed by atoms with Gasteiger partial charge in [0.05, 0.1) is 5.69 Å². The third-order valence-corrected chi connectivity index (χ3v) is 3.60. The number of halogens is 1. The van der Waals surface area contributed by atoms with E-state index in [9.17, 15) is 14.0 Å². The van der Waals surface area contributed by atoms with Crippen molar-refractivity contribution >= 4 is 23.3 Å². The molecular formula is C18H14FN3O2. The Morgan fingerprint density at radius 2 is 1.71 bits per heavy atom. The quantitative estimate of drug-likeness (QED) is 0.908. The molecule has 2 amide bonds. The first-order chi connectivity index (χ1) is 11.5. The summed E-state index contributed by atoms with van der Waals surface area (Å²) >= 11 is 0. The minimum absolute atomic E-state index is 0.0912. The van der Waals surface area contributed by atoms with Crippen LogP contribution in [-0.2, 0) is 11.3 Å². The van der Waals surface area contributed by atoms with Crippen LogP contribution in [0.5, 0.6) is 0 Å². The molecule has 0 aromatic heterocycles. The van der Waals surface area contributed by atoms with E-state index in [1.807, 2.05) is 0 Å². The zero-order chi connectivity index (χ0) is 17.1. The van der Waals surface area contributed by atoms with Crippen molar-refractivity contribution in [3.63, 3.8) is 0 Å². The Balaban J connectivity index is 1.64. The number of nitrogens with one attached hydrogen (secondary N) is 2. The van der Waals surface area contributed by atoms with Crippen molar-refractivity contribution in [3.8, 4) is 0 Å². The number of hydrogen-bond acceptors (Lipinski definition) is 3. The molecule has 120 valence electrons. The van der Waals surface area contributed by atoms with E-state index in [0.717, 1.165) is 5.56 Å². The van der Waals surface area contributed by atoms with Crippen molar-refractivity contribution in [2.24, 2.45) is 0 Å². The highest BCUT2D eigenvalue weighted by atomic mass is 18.2. The molecule has 0 aliphatic carbocycles. The molecule has 6 heteroatoms. The van der Waals surface area contributed by atoms with Gasteiger partial charge in [0, 0.05) is 18.2 Å². The summed E-state index contributed by atoms with van der Waals surface area (Å²) in [4.78, 5) is 25.1. The van der Waals surface area contributed by atoms with E-state index in [-0.39, 0.29) is 23.5 Å². The third-order valence-electron chi connectivity index (χ3n) is 3.60. The first kappa shape index (κ1) is 15.6. The first-order valence-corrected chi connectivity index (χ1v) is 7.28. The average molecular weight is 322 g/mol. The number of carbonyl (C=O) groups excluding carboxylic acids is 2. The van der Waals surface area contributed by atoms with Crippen LogP contribution < -0.4 is 10.2 Å². The predicted molar refractivity (Wildman–Crippen MR) is 88.4 cm³/mol. The van der Waals surface area contributed by atoms with Crippen molar-refractivity contribution in [2.75, 3.05) is 4.90 Å². The van der Waals surface area contributed by atoms with Crippen molar-refractivity contribution in [1.29, 1.82) is 5.41 Å². The van der Waals surface area contributed by atoms with Gasteiger partial charge >= 0.3 is 0 Å². The molecule has 1 aliphatic heterocycles. The summed E-state index contributed by atoms with van der Waals surface area (Å²) in [5, 5.41) is 10.4. The third kappa shape index (κ3) is 3.22. The highest BCUT2D eigenvalue weighted by molar-refractivity contribution is 6.29. The van der Waals surface area contributed by atoms with Crippen LogP contribution in [0.1, 0.15) is 15.9 Å². The molecule has 1 heterocycles. The van der Waals surface area contributed by atoms with Crippen LogP contribution in [-0.4, -0.2) is 17.6 Å². The molecule has 0 radical (unpaired) electrons. The largest absolute Gasteiger partial charge is 0.348 e. The van der Waals surface area contributed by atoms with Gasteiger partial charge in [-0.15, -0.1) is 0 Å². The summed E-state index contributed by atoms with van der Waals surface area (Å²) in [5.41, 5.74) is 1.76. The fraction of sp³-hybridized carbons (Fsp3) is 0.0556. The van der Waals surface area contributed by atoms with Crippen LogP contribution in [0.3, 0.4) is 0 Å². The second-order valence-corrected chi connectivity index (χ2v) is 5.25. The Kier molecular flexibility index (Phi) is 4.20. The summed E-state index contributed by atoms with van der Waals surface area (Å²) in [5.74, 6) is -0.786. The fourth-order valence-electron chi connectivity index (χ4n) is 2.33. The minimum Gasteiger partial charge on any atom is -0.348 e. The Morgan fingerprint density at radius 3 is 2.29 bits per heavy atom. The average Bonchev–Trinajstić information content (AvgIpc) is 2.93. The van der Waals surface area contributed by atoms with E-state index in [4.69, 9.17) is 5.41 Å². The van der Waals surface area contributed by atoms with Crippen molar-refractivity contribution in [3.05, 3.63) is 77.6 Å². The van der Waals surface area contributed by atoms with Crippen molar-refractivity contribution in [1.82, 2.24) is 5.32 Å². The van der Waals surface area contributed by atoms with Crippen LogP contribution in [0.4, 0.5) is 10.1 Å². The smallest absolute Gasteiger partial charge is 0.256 e. The zero-order valence-electron chi connectivity index (χ0n) is 12.6. The van der Waals surface area contributed by atoms with Gasteiger partial charge in [-0.25, -0.2) is 4.39 Å². The van der Waals surface area contributed by atoms with Gasteiger partial charge in [0.15, 0.2) is 0 Å². The van der Waals surface area contributed by atoms with E-state index < -0.39 is 0 Å². The lowest BCUT2D eigenvalue weighted by Gasteiger charge is -2.16. The van der Waals surface area contributed by atoms with E-state index in [2.05, 4.69) is 5.32 Å². The molecule has 0 unspecified atom stereocenters. The SMILES string of the molecule is N=C1C=CC(=O)N1c1ccc(C(=O)NCc2ccc([18F])cc2)cc1. The molecule has 3 rings (SSSR count). The molecular weight excluding hydrogens is 308 g/mol. The molecule has 0 fully saturated rings. The molecule has 1 aliphatic rings. The van der Waals surface area contributed by atoms with Crippen molar-refractivity contribution < 1.29 is 14.0 Å². The number of anilines is 1. The maximum absolute atomic E-state index is 12.8. The molecule has 0 bridgehead atoms. The summed E-state index contributed by atoms with van der Waals surface area (Å²) < 4.78 is 12.8. The second-order valence-electron chi connectivity index (χ2n) is 5.25. The molecule has 2 N–H and O–H groups in total. The highest BCUT2D eigenvalue weighted by Crippen LogP contribution is 2.19. The molecule has 0 saturated carbocycles.